The molecule has 3 nitrogen and oxygen atoms in total. The Morgan fingerprint density at radius 1 is 1.26 bits per heavy atom. The lowest BCUT2D eigenvalue weighted by Crippen LogP contribution is -2.40. The van der Waals surface area contributed by atoms with Gasteiger partial charge in [0.15, 0.2) is 0 Å². The Morgan fingerprint density at radius 2 is 2.11 bits per heavy atom. The summed E-state index contributed by atoms with van der Waals surface area (Å²) in [5, 5.41) is 6.54. The topological polar surface area (TPSA) is 37.0 Å². The highest BCUT2D eigenvalue weighted by molar-refractivity contribution is 5.36. The molecule has 1 unspecified atom stereocenters. The molecule has 0 bridgehead atoms. The second-order valence-electron chi connectivity index (χ2n) is 5.41. The van der Waals surface area contributed by atoms with Gasteiger partial charge in [-0.2, -0.15) is 13.2 Å². The van der Waals surface area contributed by atoms with Gasteiger partial charge in [-0.3, -0.25) is 0 Å². The van der Waals surface area contributed by atoms with E-state index in [2.05, 4.69) is 15.6 Å². The maximum absolute atomic E-state index is 12.4. The summed E-state index contributed by atoms with van der Waals surface area (Å²) in [6.45, 7) is 1.78. The fourth-order valence-corrected chi connectivity index (χ4v) is 2.67. The molecule has 0 radical (unpaired) electrons. The molecule has 1 aromatic rings. The van der Waals surface area contributed by atoms with Crippen LogP contribution in [0.1, 0.15) is 18.4 Å². The molecule has 6 heteroatoms. The van der Waals surface area contributed by atoms with Gasteiger partial charge in [-0.1, -0.05) is 0 Å². The van der Waals surface area contributed by atoms with Gasteiger partial charge < -0.3 is 10.6 Å². The Balaban J connectivity index is 1.52. The van der Waals surface area contributed by atoms with E-state index in [1.165, 1.54) is 12.5 Å². The second-order valence-corrected chi connectivity index (χ2v) is 5.41. The molecule has 3 rings (SSSR count). The van der Waals surface area contributed by atoms with Crippen molar-refractivity contribution in [2.45, 2.75) is 25.1 Å². The number of anilines is 1. The van der Waals surface area contributed by atoms with Gasteiger partial charge in [-0.15, -0.1) is 0 Å². The third kappa shape index (κ3) is 3.00. The normalized spacial score (nSPS) is 29.7. The predicted octanol–water partition coefficient (Wildman–Crippen LogP) is 2.51. The molecule has 0 aromatic carbocycles. The summed E-state index contributed by atoms with van der Waals surface area (Å²) < 4.78 is 37.1. The van der Waals surface area contributed by atoms with Crippen molar-refractivity contribution < 1.29 is 13.2 Å². The molecule has 0 spiro atoms. The van der Waals surface area contributed by atoms with Crippen LogP contribution in [0, 0.1) is 11.8 Å². The van der Waals surface area contributed by atoms with E-state index in [9.17, 15) is 13.2 Å². The highest BCUT2D eigenvalue weighted by Gasteiger charge is 2.41. The van der Waals surface area contributed by atoms with Gasteiger partial charge in [0.05, 0.1) is 5.56 Å². The molecule has 1 saturated heterocycles. The van der Waals surface area contributed by atoms with E-state index in [1.807, 2.05) is 0 Å². The first-order valence-electron chi connectivity index (χ1n) is 6.53. The third-order valence-corrected chi connectivity index (χ3v) is 3.95. The number of alkyl halides is 3. The first-order chi connectivity index (χ1) is 9.02. The summed E-state index contributed by atoms with van der Waals surface area (Å²) in [6, 6.07) is 2.83. The van der Waals surface area contributed by atoms with Gasteiger partial charge in [-0.25, -0.2) is 4.98 Å². The number of fused-ring (bicyclic) bond motifs is 1. The minimum atomic E-state index is -4.32. The Hall–Kier alpha value is -1.30. The molecule has 1 aliphatic heterocycles. The van der Waals surface area contributed by atoms with Gasteiger partial charge >= 0.3 is 6.18 Å². The molecule has 1 saturated carbocycles. The number of aromatic nitrogens is 1. The summed E-state index contributed by atoms with van der Waals surface area (Å²) >= 11 is 0. The van der Waals surface area contributed by atoms with E-state index in [1.54, 1.807) is 0 Å². The molecular formula is C13H16F3N3. The summed E-state index contributed by atoms with van der Waals surface area (Å²) in [5.74, 6) is 2.21. The van der Waals surface area contributed by atoms with Crippen molar-refractivity contribution >= 4 is 5.82 Å². The van der Waals surface area contributed by atoms with E-state index >= 15 is 0 Å². The fourth-order valence-electron chi connectivity index (χ4n) is 2.67. The molecule has 3 atom stereocenters. The van der Waals surface area contributed by atoms with Crippen molar-refractivity contribution in [3.05, 3.63) is 23.9 Å². The first kappa shape index (κ1) is 12.7. The maximum Gasteiger partial charge on any atom is 0.417 e. The fraction of sp³-hybridized carbons (Fsp3) is 0.615. The number of nitrogens with one attached hydrogen (secondary N) is 2. The van der Waals surface area contributed by atoms with Crippen molar-refractivity contribution in [3.63, 3.8) is 0 Å². The van der Waals surface area contributed by atoms with E-state index in [0.717, 1.165) is 37.1 Å². The molecule has 2 aliphatic rings. The van der Waals surface area contributed by atoms with Crippen LogP contribution >= 0.6 is 0 Å². The van der Waals surface area contributed by atoms with Crippen LogP contribution in [0.3, 0.4) is 0 Å². The highest BCUT2D eigenvalue weighted by Crippen LogP contribution is 2.44. The van der Waals surface area contributed by atoms with Gasteiger partial charge in [0.2, 0.25) is 0 Å². The molecule has 1 aromatic heterocycles. The maximum atomic E-state index is 12.4. The zero-order valence-electron chi connectivity index (χ0n) is 10.4. The van der Waals surface area contributed by atoms with Gasteiger partial charge in [-0.05, 0) is 43.4 Å². The number of hydrogen-bond acceptors (Lipinski definition) is 3. The molecule has 2 N–H and O–H groups in total. The highest BCUT2D eigenvalue weighted by atomic mass is 19.4. The molecule has 0 amide bonds. The smallest absolute Gasteiger partial charge is 0.369 e. The number of halogens is 3. The van der Waals surface area contributed by atoms with E-state index in [-0.39, 0.29) is 0 Å². The minimum Gasteiger partial charge on any atom is -0.369 e. The van der Waals surface area contributed by atoms with Crippen molar-refractivity contribution in [1.82, 2.24) is 10.3 Å². The zero-order valence-corrected chi connectivity index (χ0v) is 10.4. The molecular weight excluding hydrogens is 255 g/mol. The number of piperidine rings is 1. The molecule has 2 fully saturated rings. The predicted molar refractivity (Wildman–Crippen MR) is 65.7 cm³/mol. The van der Waals surface area contributed by atoms with Gasteiger partial charge in [0.25, 0.3) is 0 Å². The van der Waals surface area contributed by atoms with Crippen molar-refractivity contribution in [2.75, 3.05) is 18.4 Å². The molecule has 19 heavy (non-hydrogen) atoms. The summed E-state index contributed by atoms with van der Waals surface area (Å²) in [5.41, 5.74) is -0.713. The van der Waals surface area contributed by atoms with Gasteiger partial charge in [0.1, 0.15) is 5.82 Å². The van der Waals surface area contributed by atoms with Crippen molar-refractivity contribution in [3.8, 4) is 0 Å². The molecule has 104 valence electrons. The second kappa shape index (κ2) is 4.67. The van der Waals surface area contributed by atoms with Crippen LogP contribution < -0.4 is 10.6 Å². The van der Waals surface area contributed by atoms with Crippen LogP contribution in [0.5, 0.6) is 0 Å². The van der Waals surface area contributed by atoms with E-state index < -0.39 is 11.7 Å². The van der Waals surface area contributed by atoms with Crippen molar-refractivity contribution in [2.24, 2.45) is 11.8 Å². The SMILES string of the molecule is FC(F)(F)c1ccc(NC[C@@H]2C[C@@H]3CC3CN2)nc1. The lowest BCUT2D eigenvalue weighted by molar-refractivity contribution is -0.137. The van der Waals surface area contributed by atoms with Crippen LogP contribution in [-0.2, 0) is 6.18 Å². The van der Waals surface area contributed by atoms with Crippen LogP contribution in [-0.4, -0.2) is 24.1 Å². The minimum absolute atomic E-state index is 0.396. The third-order valence-electron chi connectivity index (χ3n) is 3.95. The lowest BCUT2D eigenvalue weighted by Gasteiger charge is -2.23. The standard InChI is InChI=1S/C13H16F3N3/c14-13(15,16)10-1-2-12(18-6-10)19-7-11-4-8-3-9(8)5-17-11/h1-2,6,8-9,11,17H,3-5,7H2,(H,18,19)/t8-,9?,11-/m0/s1. The Labute approximate surface area is 109 Å². The average molecular weight is 271 g/mol. The first-order valence-corrected chi connectivity index (χ1v) is 6.53. The van der Waals surface area contributed by atoms with Crippen LogP contribution in [0.25, 0.3) is 0 Å². The quantitative estimate of drug-likeness (QED) is 0.887. The summed E-state index contributed by atoms with van der Waals surface area (Å²) in [4.78, 5) is 3.80. The number of nitrogens with zero attached hydrogens (tertiary/aromatic N) is 1. The lowest BCUT2D eigenvalue weighted by atomic mass is 10.1. The Kier molecular flexibility index (Phi) is 3.12. The van der Waals surface area contributed by atoms with Crippen LogP contribution in [0.2, 0.25) is 0 Å². The summed E-state index contributed by atoms with van der Waals surface area (Å²) in [7, 11) is 0. The Bertz CT molecular complexity index is 443. The average Bonchev–Trinajstić information content (AvgIpc) is 3.14. The zero-order chi connectivity index (χ0) is 13.5. The summed E-state index contributed by atoms with van der Waals surface area (Å²) in [6.07, 6.45) is -0.981. The van der Waals surface area contributed by atoms with Crippen LogP contribution in [0.15, 0.2) is 18.3 Å². The molecule has 1 aliphatic carbocycles. The van der Waals surface area contributed by atoms with Crippen molar-refractivity contribution in [1.29, 1.82) is 0 Å². The number of pyridine rings is 1. The number of hydrogen-bond donors (Lipinski definition) is 2. The number of rotatable bonds is 3. The Morgan fingerprint density at radius 3 is 2.74 bits per heavy atom. The largest absolute Gasteiger partial charge is 0.417 e. The van der Waals surface area contributed by atoms with Gasteiger partial charge in [0, 0.05) is 18.8 Å². The van der Waals surface area contributed by atoms with E-state index in [4.69, 9.17) is 0 Å². The van der Waals surface area contributed by atoms with Crippen LogP contribution in [0.4, 0.5) is 19.0 Å². The van der Waals surface area contributed by atoms with E-state index in [0.29, 0.717) is 18.4 Å². The monoisotopic (exact) mass is 271 g/mol. The molecule has 2 heterocycles.